The summed E-state index contributed by atoms with van der Waals surface area (Å²) in [6.45, 7) is 3.46. The minimum Gasteiger partial charge on any atom is -0.495 e. The van der Waals surface area contributed by atoms with Crippen LogP contribution in [-0.4, -0.2) is 65.6 Å². The van der Waals surface area contributed by atoms with Crippen molar-refractivity contribution < 1.29 is 32.2 Å². The van der Waals surface area contributed by atoms with E-state index in [2.05, 4.69) is 5.32 Å². The van der Waals surface area contributed by atoms with E-state index in [1.807, 2.05) is 6.92 Å². The second-order valence-electron chi connectivity index (χ2n) is 10.2. The highest BCUT2D eigenvalue weighted by Crippen LogP contribution is 2.37. The smallest absolute Gasteiger partial charge is 0.265 e. The molecule has 0 aliphatic carbocycles. The summed E-state index contributed by atoms with van der Waals surface area (Å²) in [5.74, 6) is -0.378. The molecule has 1 N–H and O–H groups in total. The monoisotopic (exact) mass is 713 g/mol. The molecule has 0 aliphatic heterocycles. The van der Waals surface area contributed by atoms with Crippen LogP contribution in [0.5, 0.6) is 17.2 Å². The first kappa shape index (κ1) is 37.1. The second kappa shape index (κ2) is 17.0. The Morgan fingerprint density at radius 3 is 2.13 bits per heavy atom. The minimum absolute atomic E-state index is 0.0214. The average molecular weight is 715 g/mol. The zero-order chi connectivity index (χ0) is 34.0. The molecule has 0 heterocycles. The Hall–Kier alpha value is -3.38. The normalized spacial score (nSPS) is 11.8. The first-order valence-corrected chi connectivity index (χ1v) is 17.1. The van der Waals surface area contributed by atoms with Crippen LogP contribution in [0, 0.1) is 0 Å². The zero-order valence-corrected chi connectivity index (χ0v) is 29.4. The maximum atomic E-state index is 14.4. The number of nitrogens with zero attached hydrogens (tertiary/aromatic N) is 2. The molecule has 10 nitrogen and oxygen atoms in total. The fourth-order valence-electron chi connectivity index (χ4n) is 4.74. The molecule has 0 spiro atoms. The number of halogens is 3. The molecule has 1 atom stereocenters. The Bertz CT molecular complexity index is 1640. The number of hydrogen-bond acceptors (Lipinski definition) is 7. The molecule has 14 heteroatoms. The van der Waals surface area contributed by atoms with E-state index in [0.29, 0.717) is 22.9 Å². The third kappa shape index (κ3) is 8.90. The van der Waals surface area contributed by atoms with Crippen LogP contribution < -0.4 is 23.8 Å². The number of nitrogens with one attached hydrogen (secondary N) is 1. The van der Waals surface area contributed by atoms with Crippen LogP contribution >= 0.6 is 34.8 Å². The maximum Gasteiger partial charge on any atom is 0.265 e. The molecule has 3 aromatic rings. The molecule has 0 saturated carbocycles. The van der Waals surface area contributed by atoms with Crippen molar-refractivity contribution >= 4 is 62.3 Å². The number of carbonyl (C=O) groups is 2. The number of anilines is 1. The summed E-state index contributed by atoms with van der Waals surface area (Å²) in [7, 11) is -0.286. The van der Waals surface area contributed by atoms with E-state index < -0.39 is 28.5 Å². The third-order valence-corrected chi connectivity index (χ3v) is 9.91. The molecule has 0 fully saturated rings. The van der Waals surface area contributed by atoms with Crippen molar-refractivity contribution in [2.45, 2.75) is 50.6 Å². The van der Waals surface area contributed by atoms with Crippen molar-refractivity contribution in [3.63, 3.8) is 0 Å². The molecule has 0 saturated heterocycles. The Kier molecular flexibility index (Phi) is 13.7. The Morgan fingerprint density at radius 1 is 0.848 bits per heavy atom. The number of rotatable bonds is 16. The van der Waals surface area contributed by atoms with E-state index in [1.54, 1.807) is 25.1 Å². The minimum atomic E-state index is -4.47. The molecular formula is C32H38Cl3N3O7S. The predicted molar refractivity (Wildman–Crippen MR) is 181 cm³/mol. The predicted octanol–water partition coefficient (Wildman–Crippen LogP) is 6.59. The van der Waals surface area contributed by atoms with Crippen LogP contribution in [0.25, 0.3) is 0 Å². The first-order valence-electron chi connectivity index (χ1n) is 14.5. The van der Waals surface area contributed by atoms with Gasteiger partial charge in [-0.25, -0.2) is 8.42 Å². The van der Waals surface area contributed by atoms with Gasteiger partial charge < -0.3 is 24.4 Å². The number of hydrogen-bond donors (Lipinski definition) is 1. The van der Waals surface area contributed by atoms with Gasteiger partial charge >= 0.3 is 0 Å². The largest absolute Gasteiger partial charge is 0.495 e. The lowest BCUT2D eigenvalue weighted by Crippen LogP contribution is -2.52. The lowest BCUT2D eigenvalue weighted by molar-refractivity contribution is -0.140. The van der Waals surface area contributed by atoms with E-state index in [-0.39, 0.29) is 51.0 Å². The summed E-state index contributed by atoms with van der Waals surface area (Å²) in [5, 5.41) is 3.70. The zero-order valence-electron chi connectivity index (χ0n) is 26.3. The number of unbranched alkanes of at least 4 members (excludes halogenated alkanes) is 1. The molecule has 3 rings (SSSR count). The number of carbonyl (C=O) groups excluding carboxylic acids is 2. The van der Waals surface area contributed by atoms with Crippen molar-refractivity contribution in [2.75, 3.05) is 38.7 Å². The molecule has 0 aromatic heterocycles. The van der Waals surface area contributed by atoms with Crippen molar-refractivity contribution in [1.82, 2.24) is 10.2 Å². The van der Waals surface area contributed by atoms with E-state index in [1.165, 1.54) is 62.6 Å². The van der Waals surface area contributed by atoms with E-state index >= 15 is 0 Å². The van der Waals surface area contributed by atoms with Gasteiger partial charge in [-0.2, -0.15) is 0 Å². The SMILES string of the molecule is CCCCNC(=O)[C@H](CC)N(Cc1ccc(Cl)c(Cl)c1)C(=O)CN(c1cc(Cl)ccc1OC)S(=O)(=O)c1ccc(OC)c(OC)c1. The number of methoxy groups -OCH3 is 3. The molecule has 0 radical (unpaired) electrons. The van der Waals surface area contributed by atoms with Crippen LogP contribution in [0.4, 0.5) is 5.69 Å². The van der Waals surface area contributed by atoms with E-state index in [9.17, 15) is 18.0 Å². The Morgan fingerprint density at radius 2 is 1.52 bits per heavy atom. The standard InChI is InChI=1S/C32H38Cl3N3O7S/c1-6-8-15-36-32(40)26(7-2)37(19-21-9-12-24(34)25(35)16-21)31(39)20-38(27-17-22(33)10-13-28(27)43-3)46(41,42)23-11-14-29(44-4)30(18-23)45-5/h9-14,16-18,26H,6-8,15,19-20H2,1-5H3,(H,36,40)/t26-/m0/s1. The highest BCUT2D eigenvalue weighted by molar-refractivity contribution is 7.92. The number of benzene rings is 3. The lowest BCUT2D eigenvalue weighted by atomic mass is 10.1. The van der Waals surface area contributed by atoms with Gasteiger partial charge in [0.15, 0.2) is 11.5 Å². The van der Waals surface area contributed by atoms with Gasteiger partial charge in [0.05, 0.1) is 42.0 Å². The average Bonchev–Trinajstić information content (AvgIpc) is 3.04. The van der Waals surface area contributed by atoms with Gasteiger partial charge in [0.2, 0.25) is 11.8 Å². The summed E-state index contributed by atoms with van der Waals surface area (Å²) >= 11 is 18.7. The van der Waals surface area contributed by atoms with Crippen molar-refractivity contribution in [3.8, 4) is 17.2 Å². The fourth-order valence-corrected chi connectivity index (χ4v) is 6.66. The fraction of sp³-hybridized carbons (Fsp3) is 0.375. The summed E-state index contributed by atoms with van der Waals surface area (Å²) in [5.41, 5.74) is 0.616. The maximum absolute atomic E-state index is 14.4. The van der Waals surface area contributed by atoms with Crippen LogP contribution in [0.3, 0.4) is 0 Å². The summed E-state index contributed by atoms with van der Waals surface area (Å²) in [6.07, 6.45) is 1.89. The molecular weight excluding hydrogens is 677 g/mol. The van der Waals surface area contributed by atoms with Gasteiger partial charge in [0, 0.05) is 24.2 Å². The topological polar surface area (TPSA) is 114 Å². The van der Waals surface area contributed by atoms with Crippen molar-refractivity contribution in [3.05, 3.63) is 75.2 Å². The van der Waals surface area contributed by atoms with Crippen LogP contribution in [0.2, 0.25) is 15.1 Å². The Balaban J connectivity index is 2.17. The lowest BCUT2D eigenvalue weighted by Gasteiger charge is -2.33. The molecule has 250 valence electrons. The summed E-state index contributed by atoms with van der Waals surface area (Å²) in [6, 6.07) is 12.5. The van der Waals surface area contributed by atoms with Crippen molar-refractivity contribution in [1.29, 1.82) is 0 Å². The molecule has 0 aliphatic rings. The van der Waals surface area contributed by atoms with Crippen LogP contribution in [-0.2, 0) is 26.2 Å². The highest BCUT2D eigenvalue weighted by Gasteiger charge is 2.35. The van der Waals surface area contributed by atoms with Gasteiger partial charge in [0.25, 0.3) is 10.0 Å². The van der Waals surface area contributed by atoms with E-state index in [0.717, 1.165) is 17.1 Å². The van der Waals surface area contributed by atoms with Gasteiger partial charge in [-0.15, -0.1) is 0 Å². The Labute approximate surface area is 285 Å². The molecule has 3 aromatic carbocycles. The van der Waals surface area contributed by atoms with E-state index in [4.69, 9.17) is 49.0 Å². The molecule has 46 heavy (non-hydrogen) atoms. The summed E-state index contributed by atoms with van der Waals surface area (Å²) < 4.78 is 45.8. The third-order valence-electron chi connectivity index (χ3n) is 7.18. The second-order valence-corrected chi connectivity index (χ2v) is 13.3. The van der Waals surface area contributed by atoms with Crippen LogP contribution in [0.15, 0.2) is 59.5 Å². The molecule has 2 amide bonds. The van der Waals surface area contributed by atoms with Gasteiger partial charge in [0.1, 0.15) is 18.3 Å². The number of sulfonamides is 1. The van der Waals surface area contributed by atoms with Gasteiger partial charge in [-0.05, 0) is 60.9 Å². The quantitative estimate of drug-likeness (QED) is 0.167. The van der Waals surface area contributed by atoms with Gasteiger partial charge in [-0.1, -0.05) is 61.1 Å². The molecule has 0 unspecified atom stereocenters. The van der Waals surface area contributed by atoms with Crippen LogP contribution in [0.1, 0.15) is 38.7 Å². The first-order chi connectivity index (χ1) is 21.9. The van der Waals surface area contributed by atoms with Crippen molar-refractivity contribution in [2.24, 2.45) is 0 Å². The molecule has 0 bridgehead atoms. The van der Waals surface area contributed by atoms with Gasteiger partial charge in [-0.3, -0.25) is 13.9 Å². The number of amides is 2. The summed E-state index contributed by atoms with van der Waals surface area (Å²) in [4.78, 5) is 28.9. The number of ether oxygens (including phenoxy) is 3. The highest BCUT2D eigenvalue weighted by atomic mass is 35.5.